The molecule has 0 N–H and O–H groups in total. The standard InChI is InChI=1S/C21H24N8O/c1-3-17(4-2)27-10-16(8-24-27)21-20-5-6-22-29(20)13-19(25-21)15-7-23-28(9-15)18-11-26(12-18)14-30/h5-10,13-14,17-18H,3-4,11-12H2,1-2H3. The molecular weight excluding hydrogens is 380 g/mol. The number of carbonyl (C=O) groups is 1. The topological polar surface area (TPSA) is 86.1 Å². The van der Waals surface area contributed by atoms with E-state index < -0.39 is 0 Å². The lowest BCUT2D eigenvalue weighted by atomic mass is 10.1. The summed E-state index contributed by atoms with van der Waals surface area (Å²) in [6, 6.07) is 2.57. The van der Waals surface area contributed by atoms with Crippen LogP contribution in [0, 0.1) is 0 Å². The van der Waals surface area contributed by atoms with E-state index >= 15 is 0 Å². The molecule has 0 aromatic carbocycles. The number of fused-ring (bicyclic) bond motifs is 1. The van der Waals surface area contributed by atoms with E-state index in [4.69, 9.17) is 4.98 Å². The summed E-state index contributed by atoms with van der Waals surface area (Å²) in [4.78, 5) is 17.5. The molecule has 4 aromatic rings. The minimum absolute atomic E-state index is 0.218. The SMILES string of the molecule is CCC(CC)n1cc(-c2nc(-c3cnn(C4CN(C=O)C4)c3)cn3nccc23)cn1. The van der Waals surface area contributed by atoms with Crippen LogP contribution >= 0.6 is 0 Å². The van der Waals surface area contributed by atoms with Crippen molar-refractivity contribution in [1.29, 1.82) is 0 Å². The Bertz CT molecular complexity index is 1180. The number of rotatable bonds is 7. The fourth-order valence-corrected chi connectivity index (χ4v) is 4.01. The van der Waals surface area contributed by atoms with Gasteiger partial charge >= 0.3 is 0 Å². The van der Waals surface area contributed by atoms with Gasteiger partial charge in [-0.25, -0.2) is 9.50 Å². The van der Waals surface area contributed by atoms with Crippen LogP contribution in [0.15, 0.2) is 43.2 Å². The van der Waals surface area contributed by atoms with Crippen molar-refractivity contribution in [1.82, 2.24) is 39.1 Å². The van der Waals surface area contributed by atoms with Crippen LogP contribution in [0.5, 0.6) is 0 Å². The maximum Gasteiger partial charge on any atom is 0.209 e. The van der Waals surface area contributed by atoms with Crippen LogP contribution in [-0.2, 0) is 4.79 Å². The molecule has 1 saturated heterocycles. The summed E-state index contributed by atoms with van der Waals surface area (Å²) in [7, 11) is 0. The molecule has 1 amide bonds. The smallest absolute Gasteiger partial charge is 0.209 e. The summed E-state index contributed by atoms with van der Waals surface area (Å²) in [6.45, 7) is 5.74. The minimum atomic E-state index is 0.218. The molecule has 0 aliphatic carbocycles. The van der Waals surface area contributed by atoms with E-state index in [0.29, 0.717) is 19.1 Å². The van der Waals surface area contributed by atoms with Crippen LogP contribution in [0.25, 0.3) is 28.0 Å². The number of hydrogen-bond donors (Lipinski definition) is 0. The van der Waals surface area contributed by atoms with Gasteiger partial charge in [-0.1, -0.05) is 13.8 Å². The Morgan fingerprint density at radius 1 is 1.07 bits per heavy atom. The Labute approximate surface area is 173 Å². The predicted molar refractivity (Wildman–Crippen MR) is 112 cm³/mol. The van der Waals surface area contributed by atoms with E-state index in [-0.39, 0.29) is 6.04 Å². The highest BCUT2D eigenvalue weighted by atomic mass is 16.1. The first-order valence-corrected chi connectivity index (χ1v) is 10.3. The molecule has 0 bridgehead atoms. The minimum Gasteiger partial charge on any atom is -0.341 e. The summed E-state index contributed by atoms with van der Waals surface area (Å²) < 4.78 is 5.79. The number of nitrogens with zero attached hydrogens (tertiary/aromatic N) is 8. The van der Waals surface area contributed by atoms with E-state index in [1.54, 1.807) is 11.1 Å². The largest absolute Gasteiger partial charge is 0.341 e. The highest BCUT2D eigenvalue weighted by Crippen LogP contribution is 2.29. The quantitative estimate of drug-likeness (QED) is 0.442. The normalized spacial score (nSPS) is 14.6. The maximum absolute atomic E-state index is 10.8. The lowest BCUT2D eigenvalue weighted by molar-refractivity contribution is -0.123. The molecule has 1 fully saturated rings. The predicted octanol–water partition coefficient (Wildman–Crippen LogP) is 2.83. The molecule has 0 unspecified atom stereocenters. The Morgan fingerprint density at radius 3 is 2.63 bits per heavy atom. The molecular formula is C21H24N8O. The van der Waals surface area contributed by atoms with Crippen LogP contribution in [0.1, 0.15) is 38.8 Å². The Kier molecular flexibility index (Phi) is 4.57. The molecule has 9 nitrogen and oxygen atoms in total. The van der Waals surface area contributed by atoms with Crippen molar-refractivity contribution >= 4 is 11.9 Å². The van der Waals surface area contributed by atoms with Gasteiger partial charge in [-0.15, -0.1) is 0 Å². The first-order chi connectivity index (χ1) is 14.7. The van der Waals surface area contributed by atoms with Crippen molar-refractivity contribution in [3.05, 3.63) is 43.2 Å². The molecule has 1 aliphatic heterocycles. The van der Waals surface area contributed by atoms with E-state index in [1.165, 1.54) is 0 Å². The monoisotopic (exact) mass is 404 g/mol. The van der Waals surface area contributed by atoms with Gasteiger partial charge in [0.1, 0.15) is 0 Å². The average Bonchev–Trinajstić information content (AvgIpc) is 3.48. The van der Waals surface area contributed by atoms with Gasteiger partial charge in [0.05, 0.1) is 53.8 Å². The molecule has 30 heavy (non-hydrogen) atoms. The van der Waals surface area contributed by atoms with Gasteiger partial charge in [0, 0.05) is 36.6 Å². The van der Waals surface area contributed by atoms with E-state index in [2.05, 4.69) is 35.3 Å². The summed E-state index contributed by atoms with van der Waals surface area (Å²) in [6.07, 6.45) is 14.4. The molecule has 4 aromatic heterocycles. The molecule has 0 atom stereocenters. The molecule has 154 valence electrons. The molecule has 0 spiro atoms. The van der Waals surface area contributed by atoms with Crippen molar-refractivity contribution in [3.63, 3.8) is 0 Å². The third-order valence-electron chi connectivity index (χ3n) is 5.89. The highest BCUT2D eigenvalue weighted by molar-refractivity contribution is 5.78. The van der Waals surface area contributed by atoms with Gasteiger partial charge in [-0.3, -0.25) is 14.2 Å². The average molecular weight is 404 g/mol. The number of aromatic nitrogens is 7. The second-order valence-corrected chi connectivity index (χ2v) is 7.74. The molecule has 5 rings (SSSR count). The van der Waals surface area contributed by atoms with Gasteiger partial charge in [0.25, 0.3) is 0 Å². The van der Waals surface area contributed by atoms with E-state index in [9.17, 15) is 4.79 Å². The highest BCUT2D eigenvalue weighted by Gasteiger charge is 2.27. The van der Waals surface area contributed by atoms with Gasteiger partial charge in [0.15, 0.2) is 0 Å². The van der Waals surface area contributed by atoms with Crippen molar-refractivity contribution in [2.24, 2.45) is 0 Å². The van der Waals surface area contributed by atoms with Crippen molar-refractivity contribution < 1.29 is 4.79 Å². The van der Waals surface area contributed by atoms with Gasteiger partial charge in [-0.2, -0.15) is 15.3 Å². The Hall–Kier alpha value is -3.49. The van der Waals surface area contributed by atoms with Gasteiger partial charge in [0.2, 0.25) is 6.41 Å². The maximum atomic E-state index is 10.8. The van der Waals surface area contributed by atoms with Crippen molar-refractivity contribution in [3.8, 4) is 22.5 Å². The van der Waals surface area contributed by atoms with Crippen LogP contribution in [0.2, 0.25) is 0 Å². The van der Waals surface area contributed by atoms with Gasteiger partial charge < -0.3 is 4.90 Å². The van der Waals surface area contributed by atoms with Crippen molar-refractivity contribution in [2.45, 2.75) is 38.8 Å². The molecule has 5 heterocycles. The van der Waals surface area contributed by atoms with Crippen LogP contribution in [0.3, 0.4) is 0 Å². The number of carbonyl (C=O) groups excluding carboxylic acids is 1. The Morgan fingerprint density at radius 2 is 1.87 bits per heavy atom. The third kappa shape index (κ3) is 3.06. The van der Waals surface area contributed by atoms with Crippen LogP contribution in [-0.4, -0.2) is 58.6 Å². The second-order valence-electron chi connectivity index (χ2n) is 7.74. The fourth-order valence-electron chi connectivity index (χ4n) is 4.01. The summed E-state index contributed by atoms with van der Waals surface area (Å²) in [5, 5.41) is 13.5. The second kappa shape index (κ2) is 7.40. The number of likely N-dealkylation sites (tertiary alicyclic amines) is 1. The fraction of sp³-hybridized carbons (Fsp3) is 0.381. The van der Waals surface area contributed by atoms with E-state index in [1.807, 2.05) is 44.7 Å². The lowest BCUT2D eigenvalue weighted by Gasteiger charge is -2.36. The lowest BCUT2D eigenvalue weighted by Crippen LogP contribution is -2.46. The summed E-state index contributed by atoms with van der Waals surface area (Å²) in [5.74, 6) is 0. The van der Waals surface area contributed by atoms with Crippen LogP contribution < -0.4 is 0 Å². The zero-order valence-corrected chi connectivity index (χ0v) is 17.1. The van der Waals surface area contributed by atoms with Crippen molar-refractivity contribution in [2.75, 3.05) is 13.1 Å². The molecule has 0 radical (unpaired) electrons. The first-order valence-electron chi connectivity index (χ1n) is 10.3. The van der Waals surface area contributed by atoms with Gasteiger partial charge in [-0.05, 0) is 18.9 Å². The third-order valence-corrected chi connectivity index (χ3v) is 5.89. The van der Waals surface area contributed by atoms with Crippen LogP contribution in [0.4, 0.5) is 0 Å². The van der Waals surface area contributed by atoms with E-state index in [0.717, 1.165) is 47.3 Å². The summed E-state index contributed by atoms with van der Waals surface area (Å²) in [5.41, 5.74) is 4.49. The first kappa shape index (κ1) is 18.5. The number of amides is 1. The Balaban J connectivity index is 1.51. The zero-order valence-electron chi connectivity index (χ0n) is 17.1. The molecule has 9 heteroatoms. The molecule has 1 aliphatic rings. The zero-order chi connectivity index (χ0) is 20.7. The molecule has 0 saturated carbocycles. The summed E-state index contributed by atoms with van der Waals surface area (Å²) >= 11 is 0. The number of hydrogen-bond acceptors (Lipinski definition) is 5.